The van der Waals surface area contributed by atoms with Crippen molar-refractivity contribution in [1.29, 1.82) is 0 Å². The van der Waals surface area contributed by atoms with Gasteiger partial charge in [0, 0.05) is 51.2 Å². The van der Waals surface area contributed by atoms with E-state index in [0.29, 0.717) is 6.04 Å². The van der Waals surface area contributed by atoms with Crippen LogP contribution in [0.3, 0.4) is 0 Å². The zero-order valence-electron chi connectivity index (χ0n) is 10.6. The lowest BCUT2D eigenvalue weighted by atomic mass is 10.2. The predicted octanol–water partition coefficient (Wildman–Crippen LogP) is 0.206. The Morgan fingerprint density at radius 1 is 1.24 bits per heavy atom. The third-order valence-electron chi connectivity index (χ3n) is 3.23. The summed E-state index contributed by atoms with van der Waals surface area (Å²) in [6.07, 6.45) is 3.61. The summed E-state index contributed by atoms with van der Waals surface area (Å²) in [5.74, 6) is 0.855. The Morgan fingerprint density at radius 2 is 1.88 bits per heavy atom. The highest BCUT2D eigenvalue weighted by atomic mass is 15.3. The topological polar surface area (TPSA) is 44.3 Å². The zero-order valence-corrected chi connectivity index (χ0v) is 10.6. The van der Waals surface area contributed by atoms with E-state index in [2.05, 4.69) is 32.0 Å². The number of hydrogen-bond acceptors (Lipinski definition) is 5. The average molecular weight is 235 g/mol. The highest BCUT2D eigenvalue weighted by molar-refractivity contribution is 5.29. The van der Waals surface area contributed by atoms with Crippen molar-refractivity contribution in [3.05, 3.63) is 18.5 Å². The van der Waals surface area contributed by atoms with Gasteiger partial charge in [-0.15, -0.1) is 0 Å². The summed E-state index contributed by atoms with van der Waals surface area (Å²) in [7, 11) is 2.01. The van der Waals surface area contributed by atoms with Gasteiger partial charge in [0.1, 0.15) is 0 Å². The number of nitrogens with zero attached hydrogens (tertiary/aromatic N) is 4. The lowest BCUT2D eigenvalue weighted by Gasteiger charge is -2.35. The van der Waals surface area contributed by atoms with Crippen LogP contribution in [0.2, 0.25) is 0 Å². The molecule has 1 atom stereocenters. The molecule has 1 aliphatic rings. The maximum atomic E-state index is 4.29. The van der Waals surface area contributed by atoms with Crippen molar-refractivity contribution < 1.29 is 0 Å². The second-order valence-corrected chi connectivity index (χ2v) is 4.53. The molecule has 1 unspecified atom stereocenters. The van der Waals surface area contributed by atoms with E-state index >= 15 is 0 Å². The van der Waals surface area contributed by atoms with E-state index in [-0.39, 0.29) is 0 Å². The van der Waals surface area contributed by atoms with Crippen LogP contribution in [-0.4, -0.2) is 60.7 Å². The maximum Gasteiger partial charge on any atom is 0.225 e. The molecule has 0 spiro atoms. The summed E-state index contributed by atoms with van der Waals surface area (Å²) in [5.41, 5.74) is 0. The van der Waals surface area contributed by atoms with Gasteiger partial charge in [-0.1, -0.05) is 0 Å². The molecule has 17 heavy (non-hydrogen) atoms. The summed E-state index contributed by atoms with van der Waals surface area (Å²) >= 11 is 0. The largest absolute Gasteiger partial charge is 0.338 e. The second kappa shape index (κ2) is 5.93. The molecule has 1 aromatic heterocycles. The molecule has 2 heterocycles. The van der Waals surface area contributed by atoms with Gasteiger partial charge in [-0.3, -0.25) is 4.90 Å². The van der Waals surface area contributed by atoms with Gasteiger partial charge in [0.2, 0.25) is 5.95 Å². The van der Waals surface area contributed by atoms with E-state index in [9.17, 15) is 0 Å². The van der Waals surface area contributed by atoms with Gasteiger partial charge >= 0.3 is 0 Å². The van der Waals surface area contributed by atoms with Crippen LogP contribution in [0.25, 0.3) is 0 Å². The SMILES string of the molecule is CNC(C)CN1CCN(c2ncccn2)CC1. The first-order chi connectivity index (χ1) is 8.29. The van der Waals surface area contributed by atoms with Gasteiger partial charge < -0.3 is 10.2 Å². The summed E-state index contributed by atoms with van der Waals surface area (Å²) in [5, 5.41) is 3.28. The molecule has 5 nitrogen and oxygen atoms in total. The molecule has 1 aromatic rings. The second-order valence-electron chi connectivity index (χ2n) is 4.53. The first kappa shape index (κ1) is 12.3. The van der Waals surface area contributed by atoms with Crippen molar-refractivity contribution in [1.82, 2.24) is 20.2 Å². The number of anilines is 1. The number of hydrogen-bond donors (Lipinski definition) is 1. The molecule has 94 valence electrons. The molecule has 1 saturated heterocycles. The lowest BCUT2D eigenvalue weighted by molar-refractivity contribution is 0.236. The average Bonchev–Trinajstić information content (AvgIpc) is 2.40. The molecule has 0 bridgehead atoms. The van der Waals surface area contributed by atoms with Gasteiger partial charge in [-0.05, 0) is 20.0 Å². The predicted molar refractivity (Wildman–Crippen MR) is 69.2 cm³/mol. The molecule has 2 rings (SSSR count). The molecule has 1 N–H and O–H groups in total. The summed E-state index contributed by atoms with van der Waals surface area (Å²) in [6.45, 7) is 7.53. The van der Waals surface area contributed by atoms with Crippen LogP contribution in [0, 0.1) is 0 Å². The van der Waals surface area contributed by atoms with E-state index in [1.165, 1.54) is 0 Å². The van der Waals surface area contributed by atoms with Crippen LogP contribution in [0.15, 0.2) is 18.5 Å². The summed E-state index contributed by atoms with van der Waals surface area (Å²) in [6, 6.07) is 2.41. The maximum absolute atomic E-state index is 4.29. The molecule has 0 aromatic carbocycles. The molecule has 1 aliphatic heterocycles. The first-order valence-corrected chi connectivity index (χ1v) is 6.21. The summed E-state index contributed by atoms with van der Waals surface area (Å²) < 4.78 is 0. The van der Waals surface area contributed by atoms with Gasteiger partial charge in [-0.25, -0.2) is 9.97 Å². The van der Waals surface area contributed by atoms with Crippen molar-refractivity contribution in [2.75, 3.05) is 44.7 Å². The Balaban J connectivity index is 1.82. The normalized spacial score (nSPS) is 19.3. The van der Waals surface area contributed by atoms with Gasteiger partial charge in [-0.2, -0.15) is 0 Å². The van der Waals surface area contributed by atoms with Crippen molar-refractivity contribution in [2.45, 2.75) is 13.0 Å². The van der Waals surface area contributed by atoms with E-state index in [0.717, 1.165) is 38.7 Å². The standard InChI is InChI=1S/C12H21N5/c1-11(13-2)10-16-6-8-17(9-7-16)12-14-4-3-5-15-12/h3-5,11,13H,6-10H2,1-2H3. The molecular formula is C12H21N5. The number of likely N-dealkylation sites (N-methyl/N-ethyl adjacent to an activating group) is 1. The summed E-state index contributed by atoms with van der Waals surface area (Å²) in [4.78, 5) is 13.3. The van der Waals surface area contributed by atoms with Crippen LogP contribution >= 0.6 is 0 Å². The quantitative estimate of drug-likeness (QED) is 0.808. The number of aromatic nitrogens is 2. The van der Waals surface area contributed by atoms with Crippen LogP contribution in [0.1, 0.15) is 6.92 Å². The van der Waals surface area contributed by atoms with E-state index in [4.69, 9.17) is 0 Å². The molecule has 0 radical (unpaired) electrons. The van der Waals surface area contributed by atoms with Crippen molar-refractivity contribution in [3.8, 4) is 0 Å². The van der Waals surface area contributed by atoms with E-state index in [1.807, 2.05) is 13.1 Å². The van der Waals surface area contributed by atoms with Gasteiger partial charge in [0.15, 0.2) is 0 Å². The Morgan fingerprint density at radius 3 is 2.47 bits per heavy atom. The monoisotopic (exact) mass is 235 g/mol. The van der Waals surface area contributed by atoms with Crippen molar-refractivity contribution in [3.63, 3.8) is 0 Å². The third kappa shape index (κ3) is 3.38. The van der Waals surface area contributed by atoms with Crippen LogP contribution in [-0.2, 0) is 0 Å². The molecule has 0 saturated carbocycles. The fourth-order valence-electron chi connectivity index (χ4n) is 2.06. The first-order valence-electron chi connectivity index (χ1n) is 6.21. The third-order valence-corrected chi connectivity index (χ3v) is 3.23. The molecular weight excluding hydrogens is 214 g/mol. The van der Waals surface area contributed by atoms with Crippen LogP contribution in [0.5, 0.6) is 0 Å². The Kier molecular flexibility index (Phi) is 4.28. The zero-order chi connectivity index (χ0) is 12.1. The van der Waals surface area contributed by atoms with Gasteiger partial charge in [0.25, 0.3) is 0 Å². The minimum Gasteiger partial charge on any atom is -0.338 e. The Labute approximate surface area is 103 Å². The number of nitrogens with one attached hydrogen (secondary N) is 1. The van der Waals surface area contributed by atoms with Crippen LogP contribution < -0.4 is 10.2 Å². The Bertz CT molecular complexity index is 321. The fraction of sp³-hybridized carbons (Fsp3) is 0.667. The molecule has 0 aliphatic carbocycles. The Hall–Kier alpha value is -1.20. The van der Waals surface area contributed by atoms with Crippen molar-refractivity contribution in [2.24, 2.45) is 0 Å². The molecule has 1 fully saturated rings. The van der Waals surface area contributed by atoms with Gasteiger partial charge in [0.05, 0.1) is 0 Å². The number of piperazine rings is 1. The van der Waals surface area contributed by atoms with Crippen LogP contribution in [0.4, 0.5) is 5.95 Å². The highest BCUT2D eigenvalue weighted by Gasteiger charge is 2.19. The smallest absolute Gasteiger partial charge is 0.225 e. The molecule has 5 heteroatoms. The van der Waals surface area contributed by atoms with E-state index < -0.39 is 0 Å². The molecule has 0 amide bonds. The minimum absolute atomic E-state index is 0.550. The van der Waals surface area contributed by atoms with E-state index in [1.54, 1.807) is 12.4 Å². The lowest BCUT2D eigenvalue weighted by Crippen LogP contribution is -2.50. The highest BCUT2D eigenvalue weighted by Crippen LogP contribution is 2.09. The fourth-order valence-corrected chi connectivity index (χ4v) is 2.06. The number of rotatable bonds is 4. The van der Waals surface area contributed by atoms with Crippen molar-refractivity contribution >= 4 is 5.95 Å². The minimum atomic E-state index is 0.550.